The second-order valence-electron chi connectivity index (χ2n) is 9.19. The zero-order valence-electron chi connectivity index (χ0n) is 18.9. The van der Waals surface area contributed by atoms with Crippen LogP contribution in [-0.2, 0) is 11.3 Å². The van der Waals surface area contributed by atoms with E-state index in [1.54, 1.807) is 11.3 Å². The van der Waals surface area contributed by atoms with Crippen LogP contribution in [0.5, 0.6) is 0 Å². The van der Waals surface area contributed by atoms with Crippen molar-refractivity contribution in [1.82, 2.24) is 20.9 Å². The molecule has 0 atom stereocenters. The maximum Gasteiger partial charge on any atom is 0.490 e. The summed E-state index contributed by atoms with van der Waals surface area (Å²) in [4.78, 5) is 25.7. The molecule has 0 radical (unpaired) electrons. The van der Waals surface area contributed by atoms with Gasteiger partial charge in [0, 0.05) is 40.8 Å². The summed E-state index contributed by atoms with van der Waals surface area (Å²) in [6.07, 6.45) is -1.43. The molecule has 1 aliphatic rings. The molecule has 2 aromatic rings. The minimum atomic E-state index is -5.08. The number of pyridine rings is 1. The van der Waals surface area contributed by atoms with Gasteiger partial charge in [0.15, 0.2) is 0 Å². The van der Waals surface area contributed by atoms with E-state index in [2.05, 4.69) is 60.1 Å². The Morgan fingerprint density at radius 1 is 1.18 bits per heavy atom. The standard InChI is InChI=1S/C20H28N4OS.C2HF3O2/c1-19(2)9-16(10-20(3,4)24-19)23-18(25)22-12-14-5-6-17(21-11-14)15-7-8-26-13-15;3-2(4,5)1(6)7/h5-8,11,13,16,24H,9-10,12H2,1-4H3,(H2,22,23,25);(H,6,7). The van der Waals surface area contributed by atoms with E-state index in [4.69, 9.17) is 9.90 Å². The third-order valence-electron chi connectivity index (χ3n) is 4.86. The van der Waals surface area contributed by atoms with Gasteiger partial charge in [-0.1, -0.05) is 6.07 Å². The third-order valence-corrected chi connectivity index (χ3v) is 5.55. The van der Waals surface area contributed by atoms with E-state index in [1.165, 1.54) is 0 Å². The summed E-state index contributed by atoms with van der Waals surface area (Å²) in [6, 6.07) is 6.11. The number of carboxylic acid groups (broad SMARTS) is 1. The number of amides is 2. The topological polar surface area (TPSA) is 103 Å². The lowest BCUT2D eigenvalue weighted by molar-refractivity contribution is -0.192. The van der Waals surface area contributed by atoms with Gasteiger partial charge in [-0.3, -0.25) is 4.98 Å². The van der Waals surface area contributed by atoms with Gasteiger partial charge in [0.25, 0.3) is 0 Å². The van der Waals surface area contributed by atoms with Crippen LogP contribution in [0.1, 0.15) is 46.1 Å². The number of alkyl halides is 3. The number of aromatic nitrogens is 1. The highest BCUT2D eigenvalue weighted by Crippen LogP contribution is 2.28. The number of aliphatic carboxylic acids is 1. The molecule has 7 nitrogen and oxygen atoms in total. The molecule has 0 unspecified atom stereocenters. The van der Waals surface area contributed by atoms with Crippen LogP contribution in [-0.4, -0.2) is 45.4 Å². The molecule has 182 valence electrons. The van der Waals surface area contributed by atoms with Gasteiger partial charge in [-0.15, -0.1) is 0 Å². The molecular weight excluding hydrogens is 457 g/mol. The van der Waals surface area contributed by atoms with Crippen LogP contribution in [0, 0.1) is 0 Å². The molecule has 1 fully saturated rings. The number of carboxylic acids is 1. The van der Waals surface area contributed by atoms with E-state index in [9.17, 15) is 18.0 Å². The smallest absolute Gasteiger partial charge is 0.475 e. The molecule has 3 rings (SSSR count). The average molecular weight is 487 g/mol. The van der Waals surface area contributed by atoms with E-state index in [1.807, 2.05) is 23.7 Å². The van der Waals surface area contributed by atoms with Crippen LogP contribution in [0.3, 0.4) is 0 Å². The van der Waals surface area contributed by atoms with Crippen LogP contribution in [0.25, 0.3) is 11.3 Å². The van der Waals surface area contributed by atoms with Crippen LogP contribution < -0.4 is 16.0 Å². The second kappa shape index (κ2) is 10.5. The van der Waals surface area contributed by atoms with Crippen LogP contribution in [0.4, 0.5) is 18.0 Å². The summed E-state index contributed by atoms with van der Waals surface area (Å²) in [5.41, 5.74) is 3.11. The second-order valence-corrected chi connectivity index (χ2v) is 9.97. The Kier molecular flexibility index (Phi) is 8.47. The van der Waals surface area contributed by atoms with Crippen molar-refractivity contribution in [2.24, 2.45) is 0 Å². The predicted octanol–water partition coefficient (Wildman–Crippen LogP) is 4.55. The highest BCUT2D eigenvalue weighted by Gasteiger charge is 2.39. The number of carbonyl (C=O) groups excluding carboxylic acids is 1. The minimum Gasteiger partial charge on any atom is -0.475 e. The van der Waals surface area contributed by atoms with E-state index < -0.39 is 12.1 Å². The first-order valence-corrected chi connectivity index (χ1v) is 11.2. The Labute approximate surface area is 194 Å². The number of thiophene rings is 1. The number of nitrogens with one attached hydrogen (secondary N) is 3. The number of hydrogen-bond donors (Lipinski definition) is 4. The lowest BCUT2D eigenvalue weighted by Gasteiger charge is -2.46. The lowest BCUT2D eigenvalue weighted by Crippen LogP contribution is -2.62. The maximum atomic E-state index is 12.3. The number of rotatable bonds is 4. The fourth-order valence-electron chi connectivity index (χ4n) is 3.95. The number of halogens is 3. The molecule has 11 heteroatoms. The first-order chi connectivity index (χ1) is 15.2. The SMILES string of the molecule is CC1(C)CC(NC(=O)NCc2ccc(-c3ccsc3)nc2)CC(C)(C)N1.O=C(O)C(F)(F)F. The number of urea groups is 1. The fourth-order valence-corrected chi connectivity index (χ4v) is 4.60. The van der Waals surface area contributed by atoms with Gasteiger partial charge in [0.2, 0.25) is 0 Å². The minimum absolute atomic E-state index is 0.0150. The molecule has 0 saturated carbocycles. The van der Waals surface area contributed by atoms with Gasteiger partial charge in [0.1, 0.15) is 0 Å². The van der Waals surface area contributed by atoms with E-state index in [-0.39, 0.29) is 23.2 Å². The molecule has 0 aliphatic carbocycles. The highest BCUT2D eigenvalue weighted by molar-refractivity contribution is 7.08. The summed E-state index contributed by atoms with van der Waals surface area (Å²) in [6.45, 7) is 9.20. The van der Waals surface area contributed by atoms with E-state index in [0.717, 1.165) is 29.7 Å². The fraction of sp³-hybridized carbons (Fsp3) is 0.500. The molecule has 1 aliphatic heterocycles. The van der Waals surface area contributed by atoms with Gasteiger partial charge in [-0.25, -0.2) is 9.59 Å². The van der Waals surface area contributed by atoms with Crippen molar-refractivity contribution in [1.29, 1.82) is 0 Å². The Morgan fingerprint density at radius 2 is 1.79 bits per heavy atom. The largest absolute Gasteiger partial charge is 0.490 e. The number of hydrogen-bond acceptors (Lipinski definition) is 5. The van der Waals surface area contributed by atoms with Crippen molar-refractivity contribution in [2.75, 3.05) is 0 Å². The molecule has 0 bridgehead atoms. The molecule has 33 heavy (non-hydrogen) atoms. The summed E-state index contributed by atoms with van der Waals surface area (Å²) < 4.78 is 31.7. The van der Waals surface area contributed by atoms with Crippen LogP contribution in [0.2, 0.25) is 0 Å². The first-order valence-electron chi connectivity index (χ1n) is 10.3. The van der Waals surface area contributed by atoms with Gasteiger partial charge in [0.05, 0.1) is 5.69 Å². The molecule has 3 heterocycles. The zero-order valence-corrected chi connectivity index (χ0v) is 19.7. The third kappa shape index (κ3) is 9.01. The highest BCUT2D eigenvalue weighted by atomic mass is 32.1. The Morgan fingerprint density at radius 3 is 2.24 bits per heavy atom. The summed E-state index contributed by atoms with van der Waals surface area (Å²) in [7, 11) is 0. The Balaban J connectivity index is 0.000000479. The number of carbonyl (C=O) groups is 2. The average Bonchev–Trinajstić information content (AvgIpc) is 3.18. The van der Waals surface area contributed by atoms with Crippen molar-refractivity contribution < 1.29 is 27.9 Å². The summed E-state index contributed by atoms with van der Waals surface area (Å²) in [5.74, 6) is -2.76. The predicted molar refractivity (Wildman–Crippen MR) is 121 cm³/mol. The molecule has 0 spiro atoms. The number of nitrogens with zero attached hydrogens (tertiary/aromatic N) is 1. The van der Waals surface area contributed by atoms with Crippen LogP contribution >= 0.6 is 11.3 Å². The van der Waals surface area contributed by atoms with Gasteiger partial charge < -0.3 is 21.1 Å². The van der Waals surface area contributed by atoms with Crippen molar-refractivity contribution in [3.8, 4) is 11.3 Å². The van der Waals surface area contributed by atoms with Crippen molar-refractivity contribution >= 4 is 23.3 Å². The molecule has 2 amide bonds. The van der Waals surface area contributed by atoms with Crippen LogP contribution in [0.15, 0.2) is 35.2 Å². The Hall–Kier alpha value is -2.66. The normalized spacial score (nSPS) is 17.4. The zero-order chi connectivity index (χ0) is 24.9. The van der Waals surface area contributed by atoms with Gasteiger partial charge >= 0.3 is 18.2 Å². The number of piperidine rings is 1. The molecular formula is C22H29F3N4O3S. The monoisotopic (exact) mass is 486 g/mol. The summed E-state index contributed by atoms with van der Waals surface area (Å²) in [5, 5.41) is 20.9. The van der Waals surface area contributed by atoms with Crippen molar-refractivity contribution in [3.05, 3.63) is 40.7 Å². The molecule has 2 aromatic heterocycles. The first kappa shape index (κ1) is 26.6. The molecule has 4 N–H and O–H groups in total. The van der Waals surface area contributed by atoms with Crippen molar-refractivity contribution in [2.45, 2.75) is 70.4 Å². The van der Waals surface area contributed by atoms with Gasteiger partial charge in [-0.05, 0) is 63.6 Å². The summed E-state index contributed by atoms with van der Waals surface area (Å²) >= 11 is 1.66. The maximum absolute atomic E-state index is 12.3. The quantitative estimate of drug-likeness (QED) is 0.508. The Bertz CT molecular complexity index is 913. The lowest BCUT2D eigenvalue weighted by atomic mass is 9.80. The molecule has 1 saturated heterocycles. The van der Waals surface area contributed by atoms with E-state index >= 15 is 0 Å². The van der Waals surface area contributed by atoms with Gasteiger partial charge in [-0.2, -0.15) is 24.5 Å². The van der Waals surface area contributed by atoms with Crippen molar-refractivity contribution in [3.63, 3.8) is 0 Å². The molecule has 0 aromatic carbocycles. The van der Waals surface area contributed by atoms with E-state index in [0.29, 0.717) is 6.54 Å².